The SMILES string of the molecule is CN(C)C(=O)COCC1CN(CCN2CCCC2)Cc2ccnn2C1.O=C(O)C(F)(F)F.O=C(O)C(F)(F)F.O=C(O)C(F)(F)F. The summed E-state index contributed by atoms with van der Waals surface area (Å²) in [6.07, 6.45) is -10.7. The molecule has 1 amide bonds. The summed E-state index contributed by atoms with van der Waals surface area (Å²) in [5.41, 5.74) is 1.27. The molecular weight excluding hydrogens is 657 g/mol. The summed E-state index contributed by atoms with van der Waals surface area (Å²) >= 11 is 0. The zero-order valence-corrected chi connectivity index (χ0v) is 24.5. The van der Waals surface area contributed by atoms with Gasteiger partial charge in [0.1, 0.15) is 6.61 Å². The van der Waals surface area contributed by atoms with Gasteiger partial charge in [-0.25, -0.2) is 14.4 Å². The first kappa shape index (κ1) is 42.3. The number of carboxylic acids is 3. The van der Waals surface area contributed by atoms with Gasteiger partial charge in [0.25, 0.3) is 0 Å². The number of aliphatic carboxylic acids is 3. The molecule has 0 radical (unpaired) electrons. The number of carbonyl (C=O) groups is 4. The summed E-state index contributed by atoms with van der Waals surface area (Å²) in [7, 11) is 3.51. The number of hydrogen-bond acceptors (Lipinski definition) is 8. The van der Waals surface area contributed by atoms with Crippen LogP contribution in [0.15, 0.2) is 12.3 Å². The standard InChI is InChI=1S/C18H31N5O2.3C2HF3O2/c1-20(2)18(24)15-25-14-16-11-22(10-9-21-7-3-4-8-21)13-17-5-6-19-23(17)12-16;3*3-2(4,5)1(6)7/h5-6,16H,3-4,7-15H2,1-2H3;3*(H,6,7). The van der Waals surface area contributed by atoms with Gasteiger partial charge in [-0.05, 0) is 32.0 Å². The van der Waals surface area contributed by atoms with E-state index in [4.69, 9.17) is 34.4 Å². The Morgan fingerprint density at radius 2 is 1.26 bits per heavy atom. The predicted octanol–water partition coefficient (Wildman–Crippen LogP) is 2.42. The van der Waals surface area contributed by atoms with Crippen LogP contribution in [0.2, 0.25) is 0 Å². The van der Waals surface area contributed by atoms with Crippen LogP contribution in [-0.2, 0) is 37.0 Å². The van der Waals surface area contributed by atoms with Crippen molar-refractivity contribution in [3.8, 4) is 0 Å². The van der Waals surface area contributed by atoms with Crippen LogP contribution >= 0.6 is 0 Å². The number of ether oxygens (including phenoxy) is 1. The Labute approximate surface area is 256 Å². The van der Waals surface area contributed by atoms with E-state index in [1.165, 1.54) is 31.6 Å². The number of alkyl halides is 9. The Morgan fingerprint density at radius 1 is 0.826 bits per heavy atom. The highest BCUT2D eigenvalue weighted by atomic mass is 19.4. The second-order valence-electron chi connectivity index (χ2n) is 9.87. The second kappa shape index (κ2) is 19.1. The largest absolute Gasteiger partial charge is 0.490 e. The molecule has 2 aliphatic rings. The van der Waals surface area contributed by atoms with Crippen LogP contribution in [0.1, 0.15) is 18.5 Å². The minimum absolute atomic E-state index is 0.0132. The van der Waals surface area contributed by atoms with Crippen molar-refractivity contribution < 1.29 is 78.7 Å². The van der Waals surface area contributed by atoms with E-state index in [2.05, 4.69) is 25.6 Å². The van der Waals surface area contributed by atoms with E-state index in [1.807, 2.05) is 6.20 Å². The molecule has 13 nitrogen and oxygen atoms in total. The Morgan fingerprint density at radius 3 is 1.67 bits per heavy atom. The number of rotatable bonds is 7. The lowest BCUT2D eigenvalue weighted by Crippen LogP contribution is -2.37. The first-order valence-electron chi connectivity index (χ1n) is 13.1. The summed E-state index contributed by atoms with van der Waals surface area (Å²) in [4.78, 5) is 45.0. The number of likely N-dealkylation sites (tertiary alicyclic amines) is 1. The van der Waals surface area contributed by atoms with Gasteiger partial charge in [0.15, 0.2) is 0 Å². The third kappa shape index (κ3) is 18.3. The van der Waals surface area contributed by atoms with Crippen LogP contribution in [0.4, 0.5) is 39.5 Å². The minimum atomic E-state index is -5.08. The van der Waals surface area contributed by atoms with Gasteiger partial charge in [-0.1, -0.05) is 0 Å². The molecule has 3 rings (SSSR count). The van der Waals surface area contributed by atoms with Crippen molar-refractivity contribution in [2.45, 2.75) is 44.5 Å². The van der Waals surface area contributed by atoms with Gasteiger partial charge in [-0.3, -0.25) is 14.4 Å². The second-order valence-corrected chi connectivity index (χ2v) is 9.87. The van der Waals surface area contributed by atoms with Crippen molar-refractivity contribution in [2.75, 3.05) is 60.0 Å². The monoisotopic (exact) mass is 691 g/mol. The first-order valence-corrected chi connectivity index (χ1v) is 13.1. The van der Waals surface area contributed by atoms with Gasteiger partial charge < -0.3 is 29.9 Å². The normalized spacial score (nSPS) is 17.1. The Bertz CT molecular complexity index is 1050. The minimum Gasteiger partial charge on any atom is -0.475 e. The average Bonchev–Trinajstić information content (AvgIpc) is 3.56. The number of amides is 1. The van der Waals surface area contributed by atoms with Gasteiger partial charge in [0, 0.05) is 58.9 Å². The van der Waals surface area contributed by atoms with Crippen molar-refractivity contribution in [2.24, 2.45) is 5.92 Å². The highest BCUT2D eigenvalue weighted by molar-refractivity contribution is 5.76. The molecule has 0 spiro atoms. The van der Waals surface area contributed by atoms with E-state index >= 15 is 0 Å². The maximum atomic E-state index is 11.7. The predicted molar refractivity (Wildman–Crippen MR) is 137 cm³/mol. The number of carboxylic acid groups (broad SMARTS) is 3. The molecule has 1 aromatic rings. The van der Waals surface area contributed by atoms with E-state index in [0.717, 1.165) is 32.7 Å². The molecule has 1 aromatic heterocycles. The van der Waals surface area contributed by atoms with E-state index in [1.54, 1.807) is 19.0 Å². The van der Waals surface area contributed by atoms with Crippen LogP contribution in [-0.4, -0.2) is 142 Å². The molecule has 1 atom stereocenters. The number of carbonyl (C=O) groups excluding carboxylic acids is 1. The fourth-order valence-corrected chi connectivity index (χ4v) is 3.63. The molecule has 3 N–H and O–H groups in total. The Balaban J connectivity index is 0.000000786. The third-order valence-corrected chi connectivity index (χ3v) is 5.87. The maximum Gasteiger partial charge on any atom is 0.490 e. The Kier molecular flexibility index (Phi) is 17.6. The van der Waals surface area contributed by atoms with Gasteiger partial charge in [-0.15, -0.1) is 0 Å². The lowest BCUT2D eigenvalue weighted by molar-refractivity contribution is -0.193. The van der Waals surface area contributed by atoms with Crippen molar-refractivity contribution in [1.82, 2.24) is 24.5 Å². The van der Waals surface area contributed by atoms with Crippen molar-refractivity contribution in [3.05, 3.63) is 18.0 Å². The van der Waals surface area contributed by atoms with Gasteiger partial charge in [0.2, 0.25) is 5.91 Å². The summed E-state index contributed by atoms with van der Waals surface area (Å²) in [6.45, 7) is 8.25. The van der Waals surface area contributed by atoms with Crippen LogP contribution in [0.3, 0.4) is 0 Å². The number of nitrogens with zero attached hydrogens (tertiary/aromatic N) is 5. The smallest absolute Gasteiger partial charge is 0.475 e. The number of halogens is 9. The fourth-order valence-electron chi connectivity index (χ4n) is 3.63. The topological polar surface area (TPSA) is 166 Å². The number of fused-ring (bicyclic) bond motifs is 1. The first-order chi connectivity index (χ1) is 20.9. The molecule has 266 valence electrons. The quantitative estimate of drug-likeness (QED) is 0.360. The van der Waals surface area contributed by atoms with Gasteiger partial charge in [0.05, 0.1) is 12.3 Å². The third-order valence-electron chi connectivity index (χ3n) is 5.87. The van der Waals surface area contributed by atoms with Crippen molar-refractivity contribution in [3.63, 3.8) is 0 Å². The van der Waals surface area contributed by atoms with Gasteiger partial charge >= 0.3 is 36.4 Å². The zero-order valence-electron chi connectivity index (χ0n) is 24.5. The highest BCUT2D eigenvalue weighted by Gasteiger charge is 2.39. The molecule has 1 saturated heterocycles. The molecule has 3 heterocycles. The summed E-state index contributed by atoms with van der Waals surface area (Å²) < 4.78 is 103. The lowest BCUT2D eigenvalue weighted by Gasteiger charge is -2.26. The summed E-state index contributed by atoms with van der Waals surface area (Å²) in [6, 6.07) is 2.11. The molecule has 0 bridgehead atoms. The number of aromatic nitrogens is 2. The fraction of sp³-hybridized carbons (Fsp3) is 0.708. The van der Waals surface area contributed by atoms with Crippen LogP contribution < -0.4 is 0 Å². The molecule has 0 saturated carbocycles. The highest BCUT2D eigenvalue weighted by Crippen LogP contribution is 2.17. The van der Waals surface area contributed by atoms with E-state index in [-0.39, 0.29) is 12.5 Å². The van der Waals surface area contributed by atoms with E-state index in [0.29, 0.717) is 12.5 Å². The molecule has 0 aromatic carbocycles. The zero-order chi connectivity index (χ0) is 35.9. The van der Waals surface area contributed by atoms with Crippen LogP contribution in [0.25, 0.3) is 0 Å². The van der Waals surface area contributed by atoms with Crippen LogP contribution in [0.5, 0.6) is 0 Å². The van der Waals surface area contributed by atoms with Crippen molar-refractivity contribution >= 4 is 23.8 Å². The molecule has 2 aliphatic heterocycles. The molecule has 46 heavy (non-hydrogen) atoms. The average molecular weight is 692 g/mol. The van der Waals surface area contributed by atoms with Crippen molar-refractivity contribution in [1.29, 1.82) is 0 Å². The van der Waals surface area contributed by atoms with Gasteiger partial charge in [-0.2, -0.15) is 44.6 Å². The summed E-state index contributed by atoms with van der Waals surface area (Å²) in [5, 5.41) is 25.8. The molecule has 0 aliphatic carbocycles. The van der Waals surface area contributed by atoms with E-state index in [9.17, 15) is 44.3 Å². The molecule has 22 heteroatoms. The molecule has 1 fully saturated rings. The lowest BCUT2D eigenvalue weighted by atomic mass is 10.1. The van der Waals surface area contributed by atoms with Crippen LogP contribution in [0, 0.1) is 5.92 Å². The summed E-state index contributed by atoms with van der Waals surface area (Å²) in [5.74, 6) is -7.90. The number of hydrogen-bond donors (Lipinski definition) is 3. The number of likely N-dealkylation sites (N-methyl/N-ethyl adjacent to an activating group) is 1. The Hall–Kier alpha value is -3.66. The maximum absolute atomic E-state index is 11.7. The van der Waals surface area contributed by atoms with E-state index < -0.39 is 36.4 Å². The molecule has 1 unspecified atom stereocenters. The molecular formula is C24H34F9N5O8.